The molecule has 0 radical (unpaired) electrons. The zero-order valence-corrected chi connectivity index (χ0v) is 23.5. The summed E-state index contributed by atoms with van der Waals surface area (Å²) in [7, 11) is 3.26. The Bertz CT molecular complexity index is 1150. The van der Waals surface area contributed by atoms with E-state index in [0.29, 0.717) is 24.5 Å². The number of amides is 2. The summed E-state index contributed by atoms with van der Waals surface area (Å²) in [6, 6.07) is 24.7. The number of nitrogens with zero attached hydrogens (tertiary/aromatic N) is 1. The normalized spacial score (nSPS) is 12.3. The van der Waals surface area contributed by atoms with E-state index < -0.39 is 6.04 Å². The van der Waals surface area contributed by atoms with Gasteiger partial charge in [-0.2, -0.15) is 0 Å². The maximum absolute atomic E-state index is 13.8. The highest BCUT2D eigenvalue weighted by molar-refractivity contribution is 7.99. The minimum Gasteiger partial charge on any atom is -0.497 e. The van der Waals surface area contributed by atoms with Crippen LogP contribution >= 0.6 is 11.8 Å². The van der Waals surface area contributed by atoms with E-state index in [1.165, 1.54) is 11.8 Å². The lowest BCUT2D eigenvalue weighted by molar-refractivity contribution is -0.139. The average molecular weight is 535 g/mol. The fourth-order valence-corrected chi connectivity index (χ4v) is 4.89. The summed E-state index contributed by atoms with van der Waals surface area (Å²) in [5.41, 5.74) is 3.02. The minimum atomic E-state index is -0.647. The molecule has 0 heterocycles. The highest BCUT2D eigenvalue weighted by atomic mass is 32.2. The SMILES string of the molecule is CC[C@@H](C)NC(=O)[C@@H](Cc1ccccc1)N(Cc1cccc(OC)c1)C(=O)CSCc1ccc(OC)cc1. The minimum absolute atomic E-state index is 0.0130. The Kier molecular flexibility index (Phi) is 11.6. The van der Waals surface area contributed by atoms with Gasteiger partial charge in [0.15, 0.2) is 0 Å². The van der Waals surface area contributed by atoms with Crippen molar-refractivity contribution < 1.29 is 19.1 Å². The van der Waals surface area contributed by atoms with Crippen LogP contribution in [0.1, 0.15) is 37.0 Å². The summed E-state index contributed by atoms with van der Waals surface area (Å²) in [6.45, 7) is 4.33. The molecule has 0 saturated heterocycles. The fraction of sp³-hybridized carbons (Fsp3) is 0.355. The molecular weight excluding hydrogens is 496 g/mol. The largest absolute Gasteiger partial charge is 0.497 e. The van der Waals surface area contributed by atoms with Gasteiger partial charge in [0, 0.05) is 24.8 Å². The van der Waals surface area contributed by atoms with Crippen molar-refractivity contribution in [2.24, 2.45) is 0 Å². The molecule has 7 heteroatoms. The molecule has 6 nitrogen and oxygen atoms in total. The molecular formula is C31H38N2O4S. The summed E-state index contributed by atoms with van der Waals surface area (Å²) in [5, 5.41) is 3.11. The molecule has 38 heavy (non-hydrogen) atoms. The van der Waals surface area contributed by atoms with Crippen LogP contribution in [0.3, 0.4) is 0 Å². The first-order valence-corrected chi connectivity index (χ1v) is 14.1. The van der Waals surface area contributed by atoms with Gasteiger partial charge in [-0.05, 0) is 54.3 Å². The van der Waals surface area contributed by atoms with Crippen LogP contribution in [0.25, 0.3) is 0 Å². The van der Waals surface area contributed by atoms with Gasteiger partial charge in [0.05, 0.1) is 20.0 Å². The van der Waals surface area contributed by atoms with Gasteiger partial charge >= 0.3 is 0 Å². The first-order valence-electron chi connectivity index (χ1n) is 12.9. The third kappa shape index (κ3) is 8.84. The van der Waals surface area contributed by atoms with E-state index in [1.54, 1.807) is 19.1 Å². The lowest BCUT2D eigenvalue weighted by Gasteiger charge is -2.32. The number of carbonyl (C=O) groups excluding carboxylic acids is 2. The van der Waals surface area contributed by atoms with E-state index >= 15 is 0 Å². The molecule has 3 aromatic rings. The monoisotopic (exact) mass is 534 g/mol. The Hall–Kier alpha value is -3.45. The van der Waals surface area contributed by atoms with Crippen molar-refractivity contribution in [2.75, 3.05) is 20.0 Å². The van der Waals surface area contributed by atoms with Gasteiger partial charge in [0.25, 0.3) is 0 Å². The van der Waals surface area contributed by atoms with Crippen LogP contribution in [-0.4, -0.2) is 48.8 Å². The molecule has 202 valence electrons. The van der Waals surface area contributed by atoms with Crippen molar-refractivity contribution in [1.29, 1.82) is 0 Å². The van der Waals surface area contributed by atoms with Gasteiger partial charge < -0.3 is 19.7 Å². The van der Waals surface area contributed by atoms with Crippen molar-refractivity contribution >= 4 is 23.6 Å². The molecule has 0 spiro atoms. The van der Waals surface area contributed by atoms with Crippen molar-refractivity contribution in [2.45, 2.75) is 51.1 Å². The summed E-state index contributed by atoms with van der Waals surface area (Å²) in [5.74, 6) is 2.25. The predicted octanol–water partition coefficient (Wildman–Crippen LogP) is 5.49. The Labute approximate surface area is 230 Å². The zero-order chi connectivity index (χ0) is 27.3. The third-order valence-electron chi connectivity index (χ3n) is 6.41. The first-order chi connectivity index (χ1) is 18.4. The van der Waals surface area contributed by atoms with Crippen molar-refractivity contribution in [3.05, 3.63) is 95.6 Å². The van der Waals surface area contributed by atoms with E-state index in [4.69, 9.17) is 9.47 Å². The smallest absolute Gasteiger partial charge is 0.243 e. The molecule has 2 atom stereocenters. The Balaban J connectivity index is 1.85. The molecule has 0 fully saturated rings. The van der Waals surface area contributed by atoms with Gasteiger partial charge in [0.1, 0.15) is 17.5 Å². The number of hydrogen-bond acceptors (Lipinski definition) is 5. The second-order valence-corrected chi connectivity index (χ2v) is 10.2. The van der Waals surface area contributed by atoms with Crippen LogP contribution in [-0.2, 0) is 28.3 Å². The standard InChI is InChI=1S/C31H38N2O4S/c1-5-23(2)32-31(35)29(19-24-10-7-6-8-11-24)33(20-26-12-9-13-28(18-26)37-4)30(34)22-38-21-25-14-16-27(36-3)17-15-25/h6-18,23,29H,5,19-22H2,1-4H3,(H,32,35)/t23-,29-/m1/s1. The number of thioether (sulfide) groups is 1. The van der Waals surface area contributed by atoms with Crippen molar-refractivity contribution in [3.8, 4) is 11.5 Å². The van der Waals surface area contributed by atoms with Crippen LogP contribution in [0.4, 0.5) is 0 Å². The molecule has 3 aromatic carbocycles. The van der Waals surface area contributed by atoms with Gasteiger partial charge in [0.2, 0.25) is 11.8 Å². The zero-order valence-electron chi connectivity index (χ0n) is 22.7. The maximum atomic E-state index is 13.8. The summed E-state index contributed by atoms with van der Waals surface area (Å²) < 4.78 is 10.6. The number of rotatable bonds is 14. The van der Waals surface area contributed by atoms with Gasteiger partial charge in [-0.15, -0.1) is 11.8 Å². The molecule has 0 bridgehead atoms. The number of carbonyl (C=O) groups is 2. The van der Waals surface area contributed by atoms with Crippen LogP contribution < -0.4 is 14.8 Å². The molecule has 0 saturated carbocycles. The second-order valence-electron chi connectivity index (χ2n) is 9.24. The summed E-state index contributed by atoms with van der Waals surface area (Å²) in [4.78, 5) is 29.1. The number of ether oxygens (including phenoxy) is 2. The van der Waals surface area contributed by atoms with Gasteiger partial charge in [-0.1, -0.05) is 61.5 Å². The Morgan fingerprint density at radius 2 is 1.55 bits per heavy atom. The quantitative estimate of drug-likeness (QED) is 0.296. The molecule has 0 aliphatic carbocycles. The van der Waals surface area contributed by atoms with Gasteiger partial charge in [-0.25, -0.2) is 0 Å². The third-order valence-corrected chi connectivity index (χ3v) is 7.40. The van der Waals surface area contributed by atoms with E-state index in [2.05, 4.69) is 5.32 Å². The Morgan fingerprint density at radius 1 is 0.868 bits per heavy atom. The van der Waals surface area contributed by atoms with Crippen molar-refractivity contribution in [1.82, 2.24) is 10.2 Å². The molecule has 3 rings (SSSR count). The summed E-state index contributed by atoms with van der Waals surface area (Å²) >= 11 is 1.54. The molecule has 2 amide bonds. The number of hydrogen-bond donors (Lipinski definition) is 1. The lowest BCUT2D eigenvalue weighted by Crippen LogP contribution is -2.52. The van der Waals surface area contributed by atoms with Crippen LogP contribution in [0, 0.1) is 0 Å². The maximum Gasteiger partial charge on any atom is 0.243 e. The topological polar surface area (TPSA) is 67.9 Å². The lowest BCUT2D eigenvalue weighted by atomic mass is 10.0. The summed E-state index contributed by atoms with van der Waals surface area (Å²) in [6.07, 6.45) is 1.24. The second kappa shape index (κ2) is 15.1. The van der Waals surface area contributed by atoms with Gasteiger partial charge in [-0.3, -0.25) is 9.59 Å². The van der Waals surface area contributed by atoms with Crippen LogP contribution in [0.15, 0.2) is 78.9 Å². The van der Waals surface area contributed by atoms with E-state index in [9.17, 15) is 9.59 Å². The van der Waals surface area contributed by atoms with E-state index in [0.717, 1.165) is 28.9 Å². The predicted molar refractivity (Wildman–Crippen MR) is 155 cm³/mol. The fourth-order valence-electron chi connectivity index (χ4n) is 4.02. The first kappa shape index (κ1) is 29.1. The highest BCUT2D eigenvalue weighted by Crippen LogP contribution is 2.21. The average Bonchev–Trinajstić information content (AvgIpc) is 2.95. The molecule has 1 N–H and O–H groups in total. The van der Waals surface area contributed by atoms with E-state index in [-0.39, 0.29) is 23.6 Å². The molecule has 0 aliphatic rings. The van der Waals surface area contributed by atoms with Crippen molar-refractivity contribution in [3.63, 3.8) is 0 Å². The molecule has 0 unspecified atom stereocenters. The number of nitrogens with one attached hydrogen (secondary N) is 1. The van der Waals surface area contributed by atoms with E-state index in [1.807, 2.05) is 92.7 Å². The Morgan fingerprint density at radius 3 is 2.21 bits per heavy atom. The van der Waals surface area contributed by atoms with Crippen LogP contribution in [0.5, 0.6) is 11.5 Å². The highest BCUT2D eigenvalue weighted by Gasteiger charge is 2.31. The van der Waals surface area contributed by atoms with Crippen LogP contribution in [0.2, 0.25) is 0 Å². The number of benzene rings is 3. The molecule has 0 aromatic heterocycles. The number of methoxy groups -OCH3 is 2. The molecule has 0 aliphatic heterocycles.